The summed E-state index contributed by atoms with van der Waals surface area (Å²) in [5.74, 6) is -2.01. The SMILES string of the molecule is CN(CC(=O)Nc1ccccc1Cl)C(=O)c1cccc(N2NC(=O)[C@H]3CC=CC[C@H]3C2=O)c1. The van der Waals surface area contributed by atoms with Crippen LogP contribution >= 0.6 is 11.6 Å². The van der Waals surface area contributed by atoms with Crippen molar-refractivity contribution in [2.75, 3.05) is 23.9 Å². The number of para-hydroxylation sites is 1. The van der Waals surface area contributed by atoms with Crippen LogP contribution in [0.25, 0.3) is 0 Å². The average Bonchev–Trinajstić information content (AvgIpc) is 2.82. The Labute approximate surface area is 196 Å². The molecular weight excluding hydrogens is 444 g/mol. The highest BCUT2D eigenvalue weighted by Crippen LogP contribution is 2.32. The van der Waals surface area contributed by atoms with E-state index in [1.54, 1.807) is 42.5 Å². The van der Waals surface area contributed by atoms with Crippen LogP contribution in [0.2, 0.25) is 5.02 Å². The van der Waals surface area contributed by atoms with Crippen LogP contribution in [-0.4, -0.2) is 42.1 Å². The van der Waals surface area contributed by atoms with Crippen LogP contribution in [0.5, 0.6) is 0 Å². The van der Waals surface area contributed by atoms with Crippen LogP contribution in [0, 0.1) is 11.8 Å². The van der Waals surface area contributed by atoms with Gasteiger partial charge in [0.25, 0.3) is 5.91 Å². The highest BCUT2D eigenvalue weighted by molar-refractivity contribution is 6.33. The lowest BCUT2D eigenvalue weighted by Crippen LogP contribution is -2.59. The lowest BCUT2D eigenvalue weighted by Gasteiger charge is -2.38. The van der Waals surface area contributed by atoms with Gasteiger partial charge in [0.1, 0.15) is 0 Å². The molecule has 4 amide bonds. The van der Waals surface area contributed by atoms with E-state index in [0.717, 1.165) is 0 Å². The third kappa shape index (κ3) is 4.75. The van der Waals surface area contributed by atoms with Gasteiger partial charge in [0, 0.05) is 12.6 Å². The number of nitrogens with one attached hydrogen (secondary N) is 2. The summed E-state index contributed by atoms with van der Waals surface area (Å²) in [6.45, 7) is -0.191. The number of nitrogens with zero attached hydrogens (tertiary/aromatic N) is 2. The Hall–Kier alpha value is -3.65. The number of fused-ring (bicyclic) bond motifs is 1. The predicted octanol–water partition coefficient (Wildman–Crippen LogP) is 3.01. The molecule has 2 aromatic rings. The standard InChI is InChI=1S/C24H23ClN4O4/c1-28(14-21(30)26-20-12-5-4-11-19(20)25)23(32)15-7-6-8-16(13-15)29-24(33)18-10-3-2-9-17(18)22(31)27-29/h2-8,11-13,17-18H,9-10,14H2,1H3,(H,26,30)(H,27,31)/t17-,18+/m0/s1. The molecule has 0 bridgehead atoms. The summed E-state index contributed by atoms with van der Waals surface area (Å²) in [4.78, 5) is 52.1. The fraction of sp³-hybridized carbons (Fsp3) is 0.250. The summed E-state index contributed by atoms with van der Waals surface area (Å²) >= 11 is 6.06. The van der Waals surface area contributed by atoms with E-state index < -0.39 is 17.7 Å². The molecular formula is C24H23ClN4O4. The van der Waals surface area contributed by atoms with E-state index in [-0.39, 0.29) is 29.8 Å². The Kier molecular flexibility index (Phi) is 6.46. The van der Waals surface area contributed by atoms with Crippen molar-refractivity contribution in [3.8, 4) is 0 Å². The first-order chi connectivity index (χ1) is 15.8. The number of allylic oxidation sites excluding steroid dienone is 2. The fourth-order valence-corrected chi connectivity index (χ4v) is 4.20. The van der Waals surface area contributed by atoms with Crippen molar-refractivity contribution < 1.29 is 19.2 Å². The maximum atomic E-state index is 13.0. The molecule has 1 aliphatic carbocycles. The minimum Gasteiger partial charge on any atom is -0.332 e. The van der Waals surface area contributed by atoms with Crippen molar-refractivity contribution in [2.45, 2.75) is 12.8 Å². The van der Waals surface area contributed by atoms with Gasteiger partial charge in [-0.25, -0.2) is 5.01 Å². The zero-order valence-corrected chi connectivity index (χ0v) is 18.7. The molecule has 8 nitrogen and oxygen atoms in total. The molecule has 33 heavy (non-hydrogen) atoms. The second kappa shape index (κ2) is 9.46. The maximum Gasteiger partial charge on any atom is 0.254 e. The fourth-order valence-electron chi connectivity index (χ4n) is 4.02. The highest BCUT2D eigenvalue weighted by Gasteiger charge is 2.42. The van der Waals surface area contributed by atoms with Crippen LogP contribution < -0.4 is 15.8 Å². The van der Waals surface area contributed by atoms with E-state index in [2.05, 4.69) is 10.7 Å². The number of carbonyl (C=O) groups excluding carboxylic acids is 4. The number of anilines is 2. The van der Waals surface area contributed by atoms with E-state index in [9.17, 15) is 19.2 Å². The van der Waals surface area contributed by atoms with Crippen molar-refractivity contribution in [1.82, 2.24) is 10.3 Å². The molecule has 1 heterocycles. The minimum absolute atomic E-state index is 0.191. The summed E-state index contributed by atoms with van der Waals surface area (Å²) in [5, 5.41) is 4.29. The minimum atomic E-state index is -0.417. The lowest BCUT2D eigenvalue weighted by molar-refractivity contribution is -0.140. The second-order valence-corrected chi connectivity index (χ2v) is 8.45. The Morgan fingerprint density at radius 2 is 1.82 bits per heavy atom. The van der Waals surface area contributed by atoms with Gasteiger partial charge < -0.3 is 10.2 Å². The molecule has 2 aromatic carbocycles. The molecule has 0 radical (unpaired) electrons. The molecule has 2 atom stereocenters. The molecule has 2 aliphatic rings. The van der Waals surface area contributed by atoms with Gasteiger partial charge in [-0.15, -0.1) is 0 Å². The van der Waals surface area contributed by atoms with Gasteiger partial charge >= 0.3 is 0 Å². The topological polar surface area (TPSA) is 98.8 Å². The second-order valence-electron chi connectivity index (χ2n) is 8.05. The number of hydrazine groups is 1. The smallest absolute Gasteiger partial charge is 0.254 e. The van der Waals surface area contributed by atoms with Crippen molar-refractivity contribution in [1.29, 1.82) is 0 Å². The largest absolute Gasteiger partial charge is 0.332 e. The quantitative estimate of drug-likeness (QED) is 0.662. The van der Waals surface area contributed by atoms with Crippen molar-refractivity contribution in [2.24, 2.45) is 11.8 Å². The van der Waals surface area contributed by atoms with Crippen LogP contribution in [0.1, 0.15) is 23.2 Å². The molecule has 1 fully saturated rings. The third-order valence-corrected chi connectivity index (χ3v) is 6.09. The van der Waals surface area contributed by atoms with Gasteiger partial charge in [-0.3, -0.25) is 24.6 Å². The van der Waals surface area contributed by atoms with E-state index in [1.165, 1.54) is 23.0 Å². The number of halogens is 1. The Balaban J connectivity index is 1.45. The number of carbonyl (C=O) groups is 4. The molecule has 0 unspecified atom stereocenters. The number of likely N-dealkylation sites (N-methyl/N-ethyl adjacent to an activating group) is 1. The zero-order chi connectivity index (χ0) is 23.5. The van der Waals surface area contributed by atoms with Crippen molar-refractivity contribution in [3.05, 3.63) is 71.3 Å². The first-order valence-electron chi connectivity index (χ1n) is 10.5. The van der Waals surface area contributed by atoms with E-state index in [0.29, 0.717) is 29.2 Å². The first-order valence-corrected chi connectivity index (χ1v) is 10.9. The molecule has 0 saturated carbocycles. The predicted molar refractivity (Wildman–Crippen MR) is 124 cm³/mol. The molecule has 0 aromatic heterocycles. The molecule has 9 heteroatoms. The third-order valence-electron chi connectivity index (χ3n) is 5.76. The van der Waals surface area contributed by atoms with Crippen LogP contribution in [-0.2, 0) is 14.4 Å². The molecule has 2 N–H and O–H groups in total. The van der Waals surface area contributed by atoms with Gasteiger partial charge in [0.05, 0.1) is 34.8 Å². The monoisotopic (exact) mass is 466 g/mol. The number of benzene rings is 2. The van der Waals surface area contributed by atoms with Gasteiger partial charge in [-0.2, -0.15) is 0 Å². The van der Waals surface area contributed by atoms with Crippen LogP contribution in [0.15, 0.2) is 60.7 Å². The van der Waals surface area contributed by atoms with Crippen molar-refractivity contribution in [3.63, 3.8) is 0 Å². The zero-order valence-electron chi connectivity index (χ0n) is 18.0. The number of hydrogen-bond donors (Lipinski definition) is 2. The molecule has 1 aliphatic heterocycles. The number of rotatable bonds is 5. The summed E-state index contributed by atoms with van der Waals surface area (Å²) in [6, 6.07) is 13.2. The summed E-state index contributed by atoms with van der Waals surface area (Å²) < 4.78 is 0. The summed E-state index contributed by atoms with van der Waals surface area (Å²) in [6.07, 6.45) is 4.88. The van der Waals surface area contributed by atoms with Gasteiger partial charge in [0.15, 0.2) is 0 Å². The first kappa shape index (κ1) is 22.5. The normalized spacial score (nSPS) is 19.5. The molecule has 4 rings (SSSR count). The Bertz CT molecular complexity index is 1150. The van der Waals surface area contributed by atoms with Gasteiger partial charge in [0.2, 0.25) is 17.7 Å². The lowest BCUT2D eigenvalue weighted by atomic mass is 9.80. The maximum absolute atomic E-state index is 13.0. The highest BCUT2D eigenvalue weighted by atomic mass is 35.5. The average molecular weight is 467 g/mol. The Morgan fingerprint density at radius 1 is 1.09 bits per heavy atom. The van der Waals surface area contributed by atoms with E-state index >= 15 is 0 Å². The summed E-state index contributed by atoms with van der Waals surface area (Å²) in [7, 11) is 1.51. The summed E-state index contributed by atoms with van der Waals surface area (Å²) in [5.41, 5.74) is 3.79. The Morgan fingerprint density at radius 3 is 2.58 bits per heavy atom. The van der Waals surface area contributed by atoms with Gasteiger partial charge in [-0.05, 0) is 43.2 Å². The number of amides is 4. The van der Waals surface area contributed by atoms with Crippen LogP contribution in [0.4, 0.5) is 11.4 Å². The molecule has 0 spiro atoms. The van der Waals surface area contributed by atoms with E-state index in [4.69, 9.17) is 11.6 Å². The molecule has 170 valence electrons. The molecule has 1 saturated heterocycles. The van der Waals surface area contributed by atoms with Crippen molar-refractivity contribution >= 4 is 46.6 Å². The van der Waals surface area contributed by atoms with Gasteiger partial charge in [-0.1, -0.05) is 42.0 Å². The van der Waals surface area contributed by atoms with Crippen LogP contribution in [0.3, 0.4) is 0 Å². The number of hydrogen-bond acceptors (Lipinski definition) is 4. The van der Waals surface area contributed by atoms with E-state index in [1.807, 2.05) is 12.2 Å².